The van der Waals surface area contributed by atoms with Gasteiger partial charge in [-0.3, -0.25) is 0 Å². The van der Waals surface area contributed by atoms with Crippen molar-refractivity contribution in [3.63, 3.8) is 0 Å². The maximum absolute atomic E-state index is 5.55. The third kappa shape index (κ3) is 3.54. The van der Waals surface area contributed by atoms with E-state index in [1.165, 1.54) is 62.7 Å². The zero-order valence-corrected chi connectivity index (χ0v) is 13.3. The van der Waals surface area contributed by atoms with Crippen molar-refractivity contribution in [1.29, 1.82) is 0 Å². The van der Waals surface area contributed by atoms with Crippen LogP contribution < -0.4 is 4.74 Å². The van der Waals surface area contributed by atoms with Crippen LogP contribution in [0.4, 0.5) is 0 Å². The average Bonchev–Trinajstić information content (AvgIpc) is 2.68. The van der Waals surface area contributed by atoms with E-state index < -0.39 is 0 Å². The smallest absolute Gasteiger partial charge is 0.122 e. The molecule has 1 atom stereocenters. The number of methoxy groups -OCH3 is 1. The minimum atomic E-state index is 0.711. The standard InChI is InChI=1S/C18H29NO/c1-4-12-19(13-5-2)16-9-7-10-17-15(14-16)8-6-11-18(17)20-3/h6,8,11,16H,4-5,7,9-10,12-14H2,1-3H3/t16-/m0/s1. The van der Waals surface area contributed by atoms with Crippen LogP contribution in [0.3, 0.4) is 0 Å². The highest BCUT2D eigenvalue weighted by molar-refractivity contribution is 5.41. The van der Waals surface area contributed by atoms with Crippen molar-refractivity contribution in [3.05, 3.63) is 29.3 Å². The van der Waals surface area contributed by atoms with Crippen LogP contribution in [0.2, 0.25) is 0 Å². The van der Waals surface area contributed by atoms with Crippen LogP contribution >= 0.6 is 0 Å². The van der Waals surface area contributed by atoms with Crippen LogP contribution in [0.5, 0.6) is 5.75 Å². The lowest BCUT2D eigenvalue weighted by molar-refractivity contribution is 0.185. The molecule has 1 aliphatic rings. The van der Waals surface area contributed by atoms with Crippen LogP contribution in [0, 0.1) is 0 Å². The van der Waals surface area contributed by atoms with Crippen molar-refractivity contribution < 1.29 is 4.74 Å². The van der Waals surface area contributed by atoms with Gasteiger partial charge in [0.05, 0.1) is 7.11 Å². The molecule has 20 heavy (non-hydrogen) atoms. The fourth-order valence-corrected chi connectivity index (χ4v) is 3.51. The molecule has 0 unspecified atom stereocenters. The molecule has 2 nitrogen and oxygen atoms in total. The summed E-state index contributed by atoms with van der Waals surface area (Å²) in [6, 6.07) is 7.26. The summed E-state index contributed by atoms with van der Waals surface area (Å²) in [5.74, 6) is 1.08. The van der Waals surface area contributed by atoms with Crippen molar-refractivity contribution in [3.8, 4) is 5.75 Å². The van der Waals surface area contributed by atoms with Gasteiger partial charge in [0.15, 0.2) is 0 Å². The molecule has 0 saturated carbocycles. The van der Waals surface area contributed by atoms with Gasteiger partial charge in [-0.2, -0.15) is 0 Å². The first kappa shape index (κ1) is 15.4. The van der Waals surface area contributed by atoms with Crippen molar-refractivity contribution in [2.75, 3.05) is 20.2 Å². The predicted molar refractivity (Wildman–Crippen MR) is 85.6 cm³/mol. The van der Waals surface area contributed by atoms with Crippen LogP contribution in [0.25, 0.3) is 0 Å². The molecule has 0 bridgehead atoms. The van der Waals surface area contributed by atoms with Gasteiger partial charge in [0.1, 0.15) is 5.75 Å². The number of fused-ring (bicyclic) bond motifs is 1. The van der Waals surface area contributed by atoms with Gasteiger partial charge < -0.3 is 9.64 Å². The van der Waals surface area contributed by atoms with E-state index in [2.05, 4.69) is 36.9 Å². The van der Waals surface area contributed by atoms with E-state index in [4.69, 9.17) is 4.74 Å². The molecule has 2 heteroatoms. The molecule has 1 aromatic rings. The SMILES string of the molecule is CCCN(CCC)[C@H]1CCCc2c(cccc2OC)C1. The minimum Gasteiger partial charge on any atom is -0.496 e. The normalized spacial score (nSPS) is 18.7. The number of ether oxygens (including phenoxy) is 1. The van der Waals surface area contributed by atoms with Crippen molar-refractivity contribution in [2.24, 2.45) is 0 Å². The molecule has 0 aromatic heterocycles. The van der Waals surface area contributed by atoms with Gasteiger partial charge in [-0.15, -0.1) is 0 Å². The quantitative estimate of drug-likeness (QED) is 0.726. The Balaban J connectivity index is 2.18. The Morgan fingerprint density at radius 3 is 2.60 bits per heavy atom. The maximum Gasteiger partial charge on any atom is 0.122 e. The van der Waals surface area contributed by atoms with Crippen LogP contribution in [-0.4, -0.2) is 31.1 Å². The van der Waals surface area contributed by atoms with Gasteiger partial charge >= 0.3 is 0 Å². The topological polar surface area (TPSA) is 12.5 Å². The summed E-state index contributed by atoms with van der Waals surface area (Å²) in [6.45, 7) is 7.04. The Morgan fingerprint density at radius 1 is 1.20 bits per heavy atom. The van der Waals surface area contributed by atoms with Gasteiger partial charge in [0, 0.05) is 6.04 Å². The predicted octanol–water partition coefficient (Wildman–Crippen LogP) is 4.06. The number of benzene rings is 1. The Bertz CT molecular complexity index is 410. The Kier molecular flexibility index (Phi) is 5.90. The summed E-state index contributed by atoms with van der Waals surface area (Å²) < 4.78 is 5.55. The largest absolute Gasteiger partial charge is 0.496 e. The summed E-state index contributed by atoms with van der Waals surface area (Å²) in [5.41, 5.74) is 2.95. The number of rotatable bonds is 6. The molecule has 2 rings (SSSR count). The lowest BCUT2D eigenvalue weighted by Gasteiger charge is -2.30. The lowest BCUT2D eigenvalue weighted by atomic mass is 10.00. The minimum absolute atomic E-state index is 0.711. The summed E-state index contributed by atoms with van der Waals surface area (Å²) >= 11 is 0. The Morgan fingerprint density at radius 2 is 1.95 bits per heavy atom. The van der Waals surface area contributed by atoms with Crippen molar-refractivity contribution in [1.82, 2.24) is 4.90 Å². The van der Waals surface area contributed by atoms with Crippen LogP contribution in [0.1, 0.15) is 50.7 Å². The van der Waals surface area contributed by atoms with E-state index in [0.29, 0.717) is 6.04 Å². The summed E-state index contributed by atoms with van der Waals surface area (Å²) in [6.07, 6.45) is 7.46. The van der Waals surface area contributed by atoms with E-state index in [-0.39, 0.29) is 0 Å². The second-order valence-electron chi connectivity index (χ2n) is 5.88. The highest BCUT2D eigenvalue weighted by Crippen LogP contribution is 2.30. The molecule has 112 valence electrons. The molecular weight excluding hydrogens is 246 g/mol. The average molecular weight is 275 g/mol. The Hall–Kier alpha value is -1.02. The Labute approximate surface area is 124 Å². The monoisotopic (exact) mass is 275 g/mol. The molecule has 0 heterocycles. The molecule has 0 amide bonds. The third-order valence-corrected chi connectivity index (χ3v) is 4.41. The summed E-state index contributed by atoms with van der Waals surface area (Å²) in [4.78, 5) is 2.70. The first-order chi connectivity index (χ1) is 9.80. The van der Waals surface area contributed by atoms with Crippen molar-refractivity contribution in [2.45, 2.75) is 58.4 Å². The van der Waals surface area contributed by atoms with Gasteiger partial charge in [-0.1, -0.05) is 26.0 Å². The fourth-order valence-electron chi connectivity index (χ4n) is 3.51. The first-order valence-electron chi connectivity index (χ1n) is 8.18. The summed E-state index contributed by atoms with van der Waals surface area (Å²) in [5, 5.41) is 0. The summed E-state index contributed by atoms with van der Waals surface area (Å²) in [7, 11) is 1.79. The molecule has 1 aromatic carbocycles. The lowest BCUT2D eigenvalue weighted by Crippen LogP contribution is -2.37. The highest BCUT2D eigenvalue weighted by Gasteiger charge is 2.23. The molecule has 1 aliphatic carbocycles. The molecule has 0 aliphatic heterocycles. The van der Waals surface area contributed by atoms with E-state index in [9.17, 15) is 0 Å². The van der Waals surface area contributed by atoms with Gasteiger partial charge in [0.2, 0.25) is 0 Å². The van der Waals surface area contributed by atoms with E-state index in [0.717, 1.165) is 5.75 Å². The number of nitrogens with zero attached hydrogens (tertiary/aromatic N) is 1. The molecular formula is C18H29NO. The fraction of sp³-hybridized carbons (Fsp3) is 0.667. The van der Waals surface area contributed by atoms with Crippen molar-refractivity contribution >= 4 is 0 Å². The molecule has 0 radical (unpaired) electrons. The zero-order valence-electron chi connectivity index (χ0n) is 13.3. The maximum atomic E-state index is 5.55. The molecule has 0 N–H and O–H groups in total. The molecule has 0 fully saturated rings. The van der Waals surface area contributed by atoms with E-state index in [1.54, 1.807) is 7.11 Å². The van der Waals surface area contributed by atoms with Gasteiger partial charge in [0.25, 0.3) is 0 Å². The highest BCUT2D eigenvalue weighted by atomic mass is 16.5. The van der Waals surface area contributed by atoms with Gasteiger partial charge in [-0.05, 0) is 68.8 Å². The van der Waals surface area contributed by atoms with E-state index in [1.807, 2.05) is 0 Å². The zero-order chi connectivity index (χ0) is 14.4. The van der Waals surface area contributed by atoms with Crippen LogP contribution in [-0.2, 0) is 12.8 Å². The molecule has 0 spiro atoms. The molecule has 0 saturated heterocycles. The number of hydrogen-bond donors (Lipinski definition) is 0. The van der Waals surface area contributed by atoms with Crippen LogP contribution in [0.15, 0.2) is 18.2 Å². The third-order valence-electron chi connectivity index (χ3n) is 4.41. The second kappa shape index (κ2) is 7.68. The second-order valence-corrected chi connectivity index (χ2v) is 5.88. The number of hydrogen-bond acceptors (Lipinski definition) is 2. The van der Waals surface area contributed by atoms with Gasteiger partial charge in [-0.25, -0.2) is 0 Å². The van der Waals surface area contributed by atoms with E-state index >= 15 is 0 Å². The first-order valence-corrected chi connectivity index (χ1v) is 8.18.